The van der Waals surface area contributed by atoms with Crippen molar-refractivity contribution in [2.45, 2.75) is 6.61 Å². The van der Waals surface area contributed by atoms with Crippen molar-refractivity contribution in [3.8, 4) is 11.6 Å². The number of aliphatic hydroxyl groups excluding tert-OH is 1. The molecule has 0 amide bonds. The number of hydrogen-bond acceptors (Lipinski definition) is 5. The Morgan fingerprint density at radius 2 is 1.94 bits per heavy atom. The second-order valence-corrected chi connectivity index (χ2v) is 3.11. The fraction of sp³-hybridized carbons (Fsp3) is 0.0909. The number of nitrogens with two attached hydrogens (primary N) is 1. The molecule has 0 bridgehead atoms. The zero-order valence-corrected chi connectivity index (χ0v) is 8.50. The largest absolute Gasteiger partial charge is 0.436 e. The molecule has 1 aromatic heterocycles. The molecule has 0 aliphatic carbocycles. The highest BCUT2D eigenvalue weighted by atomic mass is 16.5. The maximum Gasteiger partial charge on any atom is 0.262 e. The number of para-hydroxylation sites is 1. The van der Waals surface area contributed by atoms with Gasteiger partial charge in [0.15, 0.2) is 5.82 Å². The minimum absolute atomic E-state index is 0.101. The van der Waals surface area contributed by atoms with Crippen LogP contribution in [0.4, 0.5) is 5.82 Å². The predicted octanol–water partition coefficient (Wildman–Crippen LogP) is 1.34. The van der Waals surface area contributed by atoms with E-state index in [4.69, 9.17) is 15.6 Å². The van der Waals surface area contributed by atoms with E-state index in [9.17, 15) is 0 Å². The Labute approximate surface area is 92.5 Å². The van der Waals surface area contributed by atoms with Crippen LogP contribution in [0.1, 0.15) is 5.56 Å². The van der Waals surface area contributed by atoms with Crippen molar-refractivity contribution in [1.29, 1.82) is 0 Å². The Morgan fingerprint density at radius 3 is 2.69 bits per heavy atom. The highest BCUT2D eigenvalue weighted by Gasteiger charge is 2.07. The number of anilines is 1. The van der Waals surface area contributed by atoms with Gasteiger partial charge in [-0.3, -0.25) is 0 Å². The molecule has 0 saturated heterocycles. The smallest absolute Gasteiger partial charge is 0.262 e. The average Bonchev–Trinajstić information content (AvgIpc) is 2.33. The molecule has 0 atom stereocenters. The van der Waals surface area contributed by atoms with Crippen LogP contribution < -0.4 is 10.5 Å². The van der Waals surface area contributed by atoms with Gasteiger partial charge in [0, 0.05) is 18.0 Å². The monoisotopic (exact) mass is 217 g/mol. The van der Waals surface area contributed by atoms with E-state index in [-0.39, 0.29) is 18.3 Å². The Balaban J connectivity index is 2.30. The van der Waals surface area contributed by atoms with E-state index in [1.54, 1.807) is 18.2 Å². The molecule has 0 unspecified atom stereocenters. The average molecular weight is 217 g/mol. The molecule has 0 aliphatic heterocycles. The number of ether oxygens (including phenoxy) is 1. The summed E-state index contributed by atoms with van der Waals surface area (Å²) in [5, 5.41) is 9.12. The summed E-state index contributed by atoms with van der Waals surface area (Å²) in [6.45, 7) is -0.101. The second-order valence-electron chi connectivity index (χ2n) is 3.11. The fourth-order valence-electron chi connectivity index (χ4n) is 1.25. The first-order valence-corrected chi connectivity index (χ1v) is 4.74. The van der Waals surface area contributed by atoms with E-state index in [1.807, 2.05) is 6.07 Å². The molecular weight excluding hydrogens is 206 g/mol. The van der Waals surface area contributed by atoms with Gasteiger partial charge in [0.2, 0.25) is 0 Å². The van der Waals surface area contributed by atoms with E-state index in [0.29, 0.717) is 11.3 Å². The first-order valence-electron chi connectivity index (χ1n) is 4.74. The van der Waals surface area contributed by atoms with Crippen LogP contribution in [0.3, 0.4) is 0 Å². The van der Waals surface area contributed by atoms with Crippen molar-refractivity contribution in [2.75, 3.05) is 5.73 Å². The summed E-state index contributed by atoms with van der Waals surface area (Å²) in [6.07, 6.45) is 2.98. The van der Waals surface area contributed by atoms with Crippen molar-refractivity contribution >= 4 is 5.82 Å². The van der Waals surface area contributed by atoms with Gasteiger partial charge < -0.3 is 15.6 Å². The Hall–Kier alpha value is -2.14. The Morgan fingerprint density at radius 1 is 1.19 bits per heavy atom. The third kappa shape index (κ3) is 2.09. The van der Waals surface area contributed by atoms with Crippen LogP contribution in [0, 0.1) is 0 Å². The van der Waals surface area contributed by atoms with Gasteiger partial charge in [-0.2, -0.15) is 0 Å². The van der Waals surface area contributed by atoms with Crippen molar-refractivity contribution in [3.63, 3.8) is 0 Å². The zero-order chi connectivity index (χ0) is 11.4. The minimum Gasteiger partial charge on any atom is -0.436 e. The van der Waals surface area contributed by atoms with Crippen LogP contribution >= 0.6 is 0 Å². The summed E-state index contributed by atoms with van der Waals surface area (Å²) in [5.41, 5.74) is 6.27. The zero-order valence-electron chi connectivity index (χ0n) is 8.50. The lowest BCUT2D eigenvalue weighted by Crippen LogP contribution is -1.98. The van der Waals surface area contributed by atoms with Gasteiger partial charge in [-0.1, -0.05) is 18.2 Å². The van der Waals surface area contributed by atoms with E-state index in [0.717, 1.165) is 0 Å². The molecule has 0 spiro atoms. The summed E-state index contributed by atoms with van der Waals surface area (Å²) in [5.74, 6) is 0.982. The highest BCUT2D eigenvalue weighted by Crippen LogP contribution is 2.26. The second kappa shape index (κ2) is 4.59. The van der Waals surface area contributed by atoms with Crippen molar-refractivity contribution < 1.29 is 9.84 Å². The molecule has 1 heterocycles. The van der Waals surface area contributed by atoms with Crippen LogP contribution in [0.25, 0.3) is 0 Å². The first-order chi connectivity index (χ1) is 7.81. The molecule has 0 aliphatic rings. The molecule has 2 rings (SSSR count). The number of aromatic nitrogens is 2. The molecule has 16 heavy (non-hydrogen) atoms. The Kier molecular flexibility index (Phi) is 2.98. The quantitative estimate of drug-likeness (QED) is 0.810. The van der Waals surface area contributed by atoms with Crippen LogP contribution in [0.2, 0.25) is 0 Å². The summed E-state index contributed by atoms with van der Waals surface area (Å²) in [4.78, 5) is 7.82. The predicted molar refractivity (Wildman–Crippen MR) is 58.9 cm³/mol. The Bertz CT molecular complexity index is 488. The molecule has 2 aromatic rings. The normalized spacial score (nSPS) is 10.1. The number of benzene rings is 1. The van der Waals surface area contributed by atoms with Gasteiger partial charge in [-0.25, -0.2) is 9.97 Å². The number of aliphatic hydroxyl groups is 1. The van der Waals surface area contributed by atoms with Crippen LogP contribution in [0.15, 0.2) is 36.7 Å². The molecule has 5 nitrogen and oxygen atoms in total. The topological polar surface area (TPSA) is 81.3 Å². The minimum atomic E-state index is -0.101. The van der Waals surface area contributed by atoms with Gasteiger partial charge in [-0.05, 0) is 6.07 Å². The van der Waals surface area contributed by atoms with Gasteiger partial charge in [0.25, 0.3) is 5.88 Å². The number of hydrogen-bond donors (Lipinski definition) is 2. The van der Waals surface area contributed by atoms with Gasteiger partial charge in [-0.15, -0.1) is 0 Å². The maximum absolute atomic E-state index is 9.12. The SMILES string of the molecule is Nc1nccnc1Oc1ccccc1CO. The number of rotatable bonds is 3. The van der Waals surface area contributed by atoms with Crippen LogP contribution in [-0.2, 0) is 6.61 Å². The van der Waals surface area contributed by atoms with Crippen molar-refractivity contribution in [1.82, 2.24) is 9.97 Å². The third-order valence-electron chi connectivity index (χ3n) is 2.04. The summed E-state index contributed by atoms with van der Waals surface area (Å²) < 4.78 is 5.47. The van der Waals surface area contributed by atoms with Gasteiger partial charge in [0.05, 0.1) is 6.61 Å². The fourth-order valence-corrected chi connectivity index (χ4v) is 1.25. The molecule has 5 heteroatoms. The molecule has 3 N–H and O–H groups in total. The molecule has 0 saturated carbocycles. The van der Waals surface area contributed by atoms with E-state index in [1.165, 1.54) is 12.4 Å². The molecule has 1 aromatic carbocycles. The number of nitrogens with zero attached hydrogens (tertiary/aromatic N) is 2. The summed E-state index contributed by atoms with van der Waals surface area (Å²) in [6, 6.07) is 7.13. The molecular formula is C11H11N3O2. The lowest BCUT2D eigenvalue weighted by atomic mass is 10.2. The van der Waals surface area contributed by atoms with Crippen LogP contribution in [-0.4, -0.2) is 15.1 Å². The third-order valence-corrected chi connectivity index (χ3v) is 2.04. The first kappa shape index (κ1) is 10.4. The van der Waals surface area contributed by atoms with Crippen molar-refractivity contribution in [2.24, 2.45) is 0 Å². The molecule has 0 radical (unpaired) electrons. The summed E-state index contributed by atoms with van der Waals surface area (Å²) in [7, 11) is 0. The molecule has 0 fully saturated rings. The summed E-state index contributed by atoms with van der Waals surface area (Å²) >= 11 is 0. The molecule has 82 valence electrons. The number of nitrogen functional groups attached to an aromatic ring is 1. The van der Waals surface area contributed by atoms with Gasteiger partial charge >= 0.3 is 0 Å². The van der Waals surface area contributed by atoms with E-state index >= 15 is 0 Å². The highest BCUT2D eigenvalue weighted by molar-refractivity contribution is 5.43. The van der Waals surface area contributed by atoms with Gasteiger partial charge in [0.1, 0.15) is 5.75 Å². The van der Waals surface area contributed by atoms with Crippen LogP contribution in [0.5, 0.6) is 11.6 Å². The standard InChI is InChI=1S/C11H11N3O2/c12-10-11(14-6-5-13-10)16-9-4-2-1-3-8(9)7-15/h1-6,15H,7H2,(H2,12,13). The van der Waals surface area contributed by atoms with Crippen molar-refractivity contribution in [3.05, 3.63) is 42.2 Å². The van der Waals surface area contributed by atoms with E-state index < -0.39 is 0 Å². The lowest BCUT2D eigenvalue weighted by Gasteiger charge is -2.09. The van der Waals surface area contributed by atoms with E-state index in [2.05, 4.69) is 9.97 Å². The lowest BCUT2D eigenvalue weighted by molar-refractivity contribution is 0.276. The maximum atomic E-state index is 9.12.